The fraction of sp³-hybridized carbons (Fsp3) is 0.130. The summed E-state index contributed by atoms with van der Waals surface area (Å²) in [6, 6.07) is 18.2. The number of carbonyl (C=O) groups excluding carboxylic acids is 1. The van der Waals surface area contributed by atoms with E-state index < -0.39 is 0 Å². The normalized spacial score (nSPS) is 11.1. The summed E-state index contributed by atoms with van der Waals surface area (Å²) in [4.78, 5) is 17.6. The molecule has 0 aliphatic rings. The Balaban J connectivity index is 1.68. The number of ether oxygens (including phenoxy) is 1. The molecule has 0 aliphatic heterocycles. The first-order chi connectivity index (χ1) is 14.4. The van der Waals surface area contributed by atoms with E-state index >= 15 is 0 Å². The van der Waals surface area contributed by atoms with Gasteiger partial charge in [-0.25, -0.2) is 4.98 Å². The smallest absolute Gasteiger partial charge is 0.255 e. The molecule has 3 aromatic carbocycles. The molecular formula is C23H18Cl2N2O2S. The van der Waals surface area contributed by atoms with Crippen LogP contribution in [0.5, 0.6) is 5.75 Å². The molecule has 1 amide bonds. The Hall–Kier alpha value is -2.60. The van der Waals surface area contributed by atoms with E-state index in [4.69, 9.17) is 27.9 Å². The highest BCUT2D eigenvalue weighted by molar-refractivity contribution is 7.21. The maximum atomic E-state index is 12.9. The fourth-order valence-electron chi connectivity index (χ4n) is 3.00. The molecule has 0 spiro atoms. The Morgan fingerprint density at radius 3 is 2.50 bits per heavy atom. The lowest BCUT2D eigenvalue weighted by atomic mass is 10.1. The van der Waals surface area contributed by atoms with Crippen molar-refractivity contribution in [3.63, 3.8) is 0 Å². The zero-order chi connectivity index (χ0) is 21.3. The number of hydrogen-bond acceptors (Lipinski definition) is 4. The highest BCUT2D eigenvalue weighted by Crippen LogP contribution is 2.40. The van der Waals surface area contributed by atoms with Gasteiger partial charge < -0.3 is 10.1 Å². The lowest BCUT2D eigenvalue weighted by Gasteiger charge is -2.13. The summed E-state index contributed by atoms with van der Waals surface area (Å²) < 4.78 is 6.67. The van der Waals surface area contributed by atoms with Crippen molar-refractivity contribution in [2.75, 3.05) is 5.32 Å². The van der Waals surface area contributed by atoms with Crippen molar-refractivity contribution in [2.24, 2.45) is 0 Å². The number of benzene rings is 3. The molecule has 0 bridgehead atoms. The minimum absolute atomic E-state index is 0.0638. The number of rotatable bonds is 5. The van der Waals surface area contributed by atoms with Gasteiger partial charge in [0.2, 0.25) is 0 Å². The molecule has 0 atom stereocenters. The SMILES string of the molecule is CC(C)Oc1ccc(C(=O)Nc2c(Cl)cc(Cl)cc2-c2nc3ccccc3s2)cc1. The van der Waals surface area contributed by atoms with Gasteiger partial charge >= 0.3 is 0 Å². The van der Waals surface area contributed by atoms with Gasteiger partial charge in [0, 0.05) is 16.1 Å². The highest BCUT2D eigenvalue weighted by Gasteiger charge is 2.18. The summed E-state index contributed by atoms with van der Waals surface area (Å²) in [5.74, 6) is 0.430. The van der Waals surface area contributed by atoms with E-state index in [-0.39, 0.29) is 12.0 Å². The summed E-state index contributed by atoms with van der Waals surface area (Å²) in [6.45, 7) is 3.90. The van der Waals surface area contributed by atoms with Crippen LogP contribution in [0.3, 0.4) is 0 Å². The number of nitrogens with zero attached hydrogens (tertiary/aromatic N) is 1. The second kappa shape index (κ2) is 8.64. The van der Waals surface area contributed by atoms with Crippen molar-refractivity contribution in [3.05, 3.63) is 76.3 Å². The molecule has 1 N–H and O–H groups in total. The number of para-hydroxylation sites is 1. The minimum Gasteiger partial charge on any atom is -0.491 e. The number of aromatic nitrogens is 1. The van der Waals surface area contributed by atoms with Crippen molar-refractivity contribution in [1.29, 1.82) is 0 Å². The molecule has 1 aromatic heterocycles. The Morgan fingerprint density at radius 2 is 1.80 bits per heavy atom. The number of halogens is 2. The molecule has 4 nitrogen and oxygen atoms in total. The van der Waals surface area contributed by atoms with Crippen molar-refractivity contribution in [2.45, 2.75) is 20.0 Å². The van der Waals surface area contributed by atoms with Crippen LogP contribution in [0.1, 0.15) is 24.2 Å². The summed E-state index contributed by atoms with van der Waals surface area (Å²) in [7, 11) is 0. The minimum atomic E-state index is -0.280. The van der Waals surface area contributed by atoms with Gasteiger partial charge in [-0.15, -0.1) is 11.3 Å². The summed E-state index contributed by atoms with van der Waals surface area (Å²) in [5.41, 5.74) is 2.54. The van der Waals surface area contributed by atoms with E-state index in [0.29, 0.717) is 32.6 Å². The monoisotopic (exact) mass is 456 g/mol. The first-order valence-corrected chi connectivity index (χ1v) is 10.9. The molecular weight excluding hydrogens is 439 g/mol. The Bertz CT molecular complexity index is 1190. The van der Waals surface area contributed by atoms with Crippen LogP contribution < -0.4 is 10.1 Å². The van der Waals surface area contributed by atoms with Crippen LogP contribution in [-0.2, 0) is 0 Å². The van der Waals surface area contributed by atoms with Crippen LogP contribution >= 0.6 is 34.5 Å². The number of carbonyl (C=O) groups is 1. The molecule has 0 saturated heterocycles. The van der Waals surface area contributed by atoms with Crippen LogP contribution in [0.2, 0.25) is 10.0 Å². The van der Waals surface area contributed by atoms with Crippen LogP contribution in [0.25, 0.3) is 20.8 Å². The van der Waals surface area contributed by atoms with E-state index in [0.717, 1.165) is 15.2 Å². The molecule has 0 unspecified atom stereocenters. The topological polar surface area (TPSA) is 51.2 Å². The van der Waals surface area contributed by atoms with Crippen LogP contribution in [0.4, 0.5) is 5.69 Å². The number of thiazole rings is 1. The molecule has 0 radical (unpaired) electrons. The average Bonchev–Trinajstić information content (AvgIpc) is 3.14. The van der Waals surface area contributed by atoms with Gasteiger partial charge in [0.25, 0.3) is 5.91 Å². The third-order valence-electron chi connectivity index (χ3n) is 4.31. The lowest BCUT2D eigenvalue weighted by molar-refractivity contribution is 0.102. The number of nitrogens with one attached hydrogen (secondary N) is 1. The Labute approximate surface area is 188 Å². The average molecular weight is 457 g/mol. The van der Waals surface area contributed by atoms with E-state index in [2.05, 4.69) is 10.3 Å². The molecule has 4 aromatic rings. The summed E-state index contributed by atoms with van der Waals surface area (Å²) in [5, 5.41) is 4.48. The summed E-state index contributed by atoms with van der Waals surface area (Å²) >= 11 is 14.2. The zero-order valence-corrected chi connectivity index (χ0v) is 18.6. The number of fused-ring (bicyclic) bond motifs is 1. The van der Waals surface area contributed by atoms with E-state index in [1.54, 1.807) is 36.4 Å². The van der Waals surface area contributed by atoms with E-state index in [9.17, 15) is 4.79 Å². The van der Waals surface area contributed by atoms with Gasteiger partial charge in [-0.2, -0.15) is 0 Å². The third-order valence-corrected chi connectivity index (χ3v) is 5.89. The summed E-state index contributed by atoms with van der Waals surface area (Å²) in [6.07, 6.45) is 0.0638. The Kier molecular flexibility index (Phi) is 5.95. The largest absolute Gasteiger partial charge is 0.491 e. The molecule has 0 aliphatic carbocycles. The molecule has 7 heteroatoms. The van der Waals surface area contributed by atoms with E-state index in [1.165, 1.54) is 11.3 Å². The van der Waals surface area contributed by atoms with Crippen molar-refractivity contribution >= 4 is 56.3 Å². The van der Waals surface area contributed by atoms with Gasteiger partial charge in [0.05, 0.1) is 27.0 Å². The molecule has 30 heavy (non-hydrogen) atoms. The van der Waals surface area contributed by atoms with Crippen LogP contribution in [0, 0.1) is 0 Å². The zero-order valence-electron chi connectivity index (χ0n) is 16.3. The van der Waals surface area contributed by atoms with Crippen molar-refractivity contribution < 1.29 is 9.53 Å². The standard InChI is InChI=1S/C23H18Cl2N2O2S/c1-13(2)29-16-9-7-14(8-10-16)22(28)27-21-17(11-15(24)12-18(21)25)23-26-19-5-3-4-6-20(19)30-23/h3-13H,1-2H3,(H,27,28). The molecule has 0 saturated carbocycles. The molecule has 1 heterocycles. The van der Waals surface area contributed by atoms with Gasteiger partial charge in [0.1, 0.15) is 10.8 Å². The van der Waals surface area contributed by atoms with Gasteiger partial charge in [0.15, 0.2) is 0 Å². The van der Waals surface area contributed by atoms with Gasteiger partial charge in [-0.3, -0.25) is 4.79 Å². The second-order valence-corrected chi connectivity index (χ2v) is 8.82. The van der Waals surface area contributed by atoms with Crippen LogP contribution in [-0.4, -0.2) is 17.0 Å². The molecule has 4 rings (SSSR count). The van der Waals surface area contributed by atoms with E-state index in [1.807, 2.05) is 38.1 Å². The van der Waals surface area contributed by atoms with Gasteiger partial charge in [-0.1, -0.05) is 35.3 Å². The first-order valence-electron chi connectivity index (χ1n) is 9.34. The first kappa shape index (κ1) is 20.7. The maximum Gasteiger partial charge on any atom is 0.255 e. The predicted molar refractivity (Wildman–Crippen MR) is 125 cm³/mol. The van der Waals surface area contributed by atoms with Crippen molar-refractivity contribution in [1.82, 2.24) is 4.98 Å². The maximum absolute atomic E-state index is 12.9. The van der Waals surface area contributed by atoms with Crippen molar-refractivity contribution in [3.8, 4) is 16.3 Å². The molecule has 0 fully saturated rings. The van der Waals surface area contributed by atoms with Gasteiger partial charge in [-0.05, 0) is 62.4 Å². The number of hydrogen-bond donors (Lipinski definition) is 1. The Morgan fingerprint density at radius 1 is 1.07 bits per heavy atom. The fourth-order valence-corrected chi connectivity index (χ4v) is 4.53. The second-order valence-electron chi connectivity index (χ2n) is 6.94. The molecule has 152 valence electrons. The lowest BCUT2D eigenvalue weighted by Crippen LogP contribution is -2.13. The third kappa shape index (κ3) is 4.43. The predicted octanol–water partition coefficient (Wildman–Crippen LogP) is 7.31. The number of anilines is 1. The van der Waals surface area contributed by atoms with Crippen LogP contribution in [0.15, 0.2) is 60.7 Å². The quantitative estimate of drug-likeness (QED) is 0.342. The number of amides is 1. The highest BCUT2D eigenvalue weighted by atomic mass is 35.5.